The number of likely N-dealkylation sites (tertiary alicyclic amines) is 1. The van der Waals surface area contributed by atoms with Crippen LogP contribution in [0.4, 0.5) is 0 Å². The Morgan fingerprint density at radius 2 is 2.12 bits per heavy atom. The van der Waals surface area contributed by atoms with E-state index in [4.69, 9.17) is 28.9 Å². The largest absolute Gasteiger partial charge is 0.356 e. The highest BCUT2D eigenvalue weighted by atomic mass is 35.5. The third kappa shape index (κ3) is 5.10. The fourth-order valence-corrected chi connectivity index (χ4v) is 3.05. The van der Waals surface area contributed by atoms with Crippen molar-refractivity contribution < 1.29 is 9.59 Å². The minimum absolute atomic E-state index is 0.0118. The van der Waals surface area contributed by atoms with E-state index in [9.17, 15) is 9.59 Å². The number of carbonyl (C=O) groups excluding carboxylic acids is 2. The number of piperidine rings is 1. The third-order valence-corrected chi connectivity index (χ3v) is 4.88. The molecule has 1 aromatic rings. The number of hydrogen-bond acceptors (Lipinski definition) is 3. The van der Waals surface area contributed by atoms with E-state index in [1.807, 2.05) is 6.92 Å². The van der Waals surface area contributed by atoms with Crippen molar-refractivity contribution in [3.8, 4) is 0 Å². The summed E-state index contributed by atoms with van der Waals surface area (Å²) in [7, 11) is 0. The molecule has 2 amide bonds. The molecule has 0 aliphatic carbocycles. The standard InChI is InChI=1S/C17H23Cl2N3O2/c1-11(20)6-7-21-16(23)13-3-2-8-22(10-13)17(24)12-4-5-14(18)15(19)9-12/h4-5,9,11,13H,2-3,6-8,10,20H2,1H3,(H,21,23). The van der Waals surface area contributed by atoms with Crippen molar-refractivity contribution in [3.05, 3.63) is 33.8 Å². The Balaban J connectivity index is 1.95. The van der Waals surface area contributed by atoms with Crippen LogP contribution in [-0.4, -0.2) is 42.4 Å². The molecule has 2 atom stereocenters. The lowest BCUT2D eigenvalue weighted by Crippen LogP contribution is -2.45. The van der Waals surface area contributed by atoms with Gasteiger partial charge in [-0.3, -0.25) is 9.59 Å². The maximum atomic E-state index is 12.6. The van der Waals surface area contributed by atoms with Crippen LogP contribution in [0.25, 0.3) is 0 Å². The topological polar surface area (TPSA) is 75.4 Å². The molecule has 7 heteroatoms. The summed E-state index contributed by atoms with van der Waals surface area (Å²) >= 11 is 11.9. The van der Waals surface area contributed by atoms with Crippen LogP contribution in [0.3, 0.4) is 0 Å². The van der Waals surface area contributed by atoms with Crippen LogP contribution >= 0.6 is 23.2 Å². The lowest BCUT2D eigenvalue weighted by atomic mass is 9.96. The molecule has 1 aromatic carbocycles. The van der Waals surface area contributed by atoms with Crippen molar-refractivity contribution in [2.75, 3.05) is 19.6 Å². The van der Waals surface area contributed by atoms with E-state index in [-0.39, 0.29) is 23.8 Å². The maximum absolute atomic E-state index is 12.6. The van der Waals surface area contributed by atoms with Gasteiger partial charge in [0.25, 0.3) is 5.91 Å². The molecule has 24 heavy (non-hydrogen) atoms. The molecule has 1 fully saturated rings. The summed E-state index contributed by atoms with van der Waals surface area (Å²) in [6.45, 7) is 3.53. The summed E-state index contributed by atoms with van der Waals surface area (Å²) < 4.78 is 0. The Bertz CT molecular complexity index is 607. The summed E-state index contributed by atoms with van der Waals surface area (Å²) in [5.41, 5.74) is 6.17. The predicted molar refractivity (Wildman–Crippen MR) is 96.4 cm³/mol. The fourth-order valence-electron chi connectivity index (χ4n) is 2.75. The molecule has 2 unspecified atom stereocenters. The quantitative estimate of drug-likeness (QED) is 0.835. The van der Waals surface area contributed by atoms with Crippen molar-refractivity contribution in [2.24, 2.45) is 11.7 Å². The highest BCUT2D eigenvalue weighted by molar-refractivity contribution is 6.42. The van der Waals surface area contributed by atoms with Gasteiger partial charge in [-0.1, -0.05) is 23.2 Å². The summed E-state index contributed by atoms with van der Waals surface area (Å²) in [6, 6.07) is 4.89. The number of halogens is 2. The Labute approximate surface area is 152 Å². The van der Waals surface area contributed by atoms with E-state index in [2.05, 4.69) is 5.32 Å². The molecule has 1 heterocycles. The van der Waals surface area contributed by atoms with Gasteiger partial charge in [0.1, 0.15) is 0 Å². The second kappa shape index (κ2) is 8.70. The van der Waals surface area contributed by atoms with Crippen molar-refractivity contribution >= 4 is 35.0 Å². The molecule has 0 radical (unpaired) electrons. The summed E-state index contributed by atoms with van der Waals surface area (Å²) in [6.07, 6.45) is 2.33. The van der Waals surface area contributed by atoms with Gasteiger partial charge in [-0.15, -0.1) is 0 Å². The summed E-state index contributed by atoms with van der Waals surface area (Å²) in [4.78, 5) is 26.6. The fraction of sp³-hybridized carbons (Fsp3) is 0.529. The molecule has 0 spiro atoms. The third-order valence-electron chi connectivity index (χ3n) is 4.14. The van der Waals surface area contributed by atoms with Gasteiger partial charge >= 0.3 is 0 Å². The number of carbonyl (C=O) groups is 2. The number of nitrogens with zero attached hydrogens (tertiary/aromatic N) is 1. The van der Waals surface area contributed by atoms with Gasteiger partial charge < -0.3 is 16.0 Å². The van der Waals surface area contributed by atoms with Gasteiger partial charge in [-0.2, -0.15) is 0 Å². The van der Waals surface area contributed by atoms with Crippen LogP contribution in [0, 0.1) is 5.92 Å². The second-order valence-electron chi connectivity index (χ2n) is 6.28. The highest BCUT2D eigenvalue weighted by Gasteiger charge is 2.28. The molecule has 1 aliphatic heterocycles. The highest BCUT2D eigenvalue weighted by Crippen LogP contribution is 2.25. The SMILES string of the molecule is CC(N)CCNC(=O)C1CCCN(C(=O)c2ccc(Cl)c(Cl)c2)C1. The average Bonchev–Trinajstić information content (AvgIpc) is 2.56. The van der Waals surface area contributed by atoms with E-state index in [0.717, 1.165) is 19.3 Å². The van der Waals surface area contributed by atoms with Gasteiger partial charge in [-0.05, 0) is 44.4 Å². The molecule has 0 bridgehead atoms. The van der Waals surface area contributed by atoms with Gasteiger partial charge in [-0.25, -0.2) is 0 Å². The van der Waals surface area contributed by atoms with Crippen LogP contribution in [0.2, 0.25) is 10.0 Å². The van der Waals surface area contributed by atoms with Gasteiger partial charge in [0, 0.05) is 31.2 Å². The van der Waals surface area contributed by atoms with Crippen LogP contribution in [-0.2, 0) is 4.79 Å². The number of amides is 2. The molecular formula is C17H23Cl2N3O2. The normalized spacial score (nSPS) is 19.0. The van der Waals surface area contributed by atoms with Crippen molar-refractivity contribution in [1.82, 2.24) is 10.2 Å². The van der Waals surface area contributed by atoms with Crippen molar-refractivity contribution in [3.63, 3.8) is 0 Å². The molecule has 132 valence electrons. The first-order chi connectivity index (χ1) is 11.4. The zero-order chi connectivity index (χ0) is 17.7. The Hall–Kier alpha value is -1.30. The number of nitrogens with one attached hydrogen (secondary N) is 1. The number of nitrogens with two attached hydrogens (primary N) is 1. The summed E-state index contributed by atoms with van der Waals surface area (Å²) in [5.74, 6) is -0.317. The average molecular weight is 372 g/mol. The molecular weight excluding hydrogens is 349 g/mol. The van der Waals surface area contributed by atoms with Gasteiger partial charge in [0.05, 0.1) is 16.0 Å². The molecule has 0 aromatic heterocycles. The molecule has 5 nitrogen and oxygen atoms in total. The Kier molecular flexibility index (Phi) is 6.90. The molecule has 3 N–H and O–H groups in total. The number of hydrogen-bond donors (Lipinski definition) is 2. The van der Waals surface area contributed by atoms with E-state index >= 15 is 0 Å². The minimum atomic E-state index is -0.182. The van der Waals surface area contributed by atoms with Crippen LogP contribution in [0.5, 0.6) is 0 Å². The van der Waals surface area contributed by atoms with E-state index in [1.165, 1.54) is 0 Å². The first kappa shape index (κ1) is 19.0. The van der Waals surface area contributed by atoms with E-state index in [1.54, 1.807) is 23.1 Å². The minimum Gasteiger partial charge on any atom is -0.356 e. The maximum Gasteiger partial charge on any atom is 0.253 e. The molecule has 1 saturated heterocycles. The van der Waals surface area contributed by atoms with E-state index in [0.29, 0.717) is 35.2 Å². The first-order valence-corrected chi connectivity index (χ1v) is 8.91. The zero-order valence-corrected chi connectivity index (χ0v) is 15.2. The van der Waals surface area contributed by atoms with Gasteiger partial charge in [0.15, 0.2) is 0 Å². The number of rotatable bonds is 5. The summed E-state index contributed by atoms with van der Waals surface area (Å²) in [5, 5.41) is 3.67. The molecule has 1 aliphatic rings. The number of benzene rings is 1. The lowest BCUT2D eigenvalue weighted by molar-refractivity contribution is -0.126. The molecule has 0 saturated carbocycles. The lowest BCUT2D eigenvalue weighted by Gasteiger charge is -2.32. The van der Waals surface area contributed by atoms with Crippen LogP contribution in [0.1, 0.15) is 36.5 Å². The smallest absolute Gasteiger partial charge is 0.253 e. The molecule has 2 rings (SSSR count). The predicted octanol–water partition coefficient (Wildman–Crippen LogP) is 2.70. The van der Waals surface area contributed by atoms with Crippen LogP contribution < -0.4 is 11.1 Å². The second-order valence-corrected chi connectivity index (χ2v) is 7.09. The Morgan fingerprint density at radius 3 is 2.79 bits per heavy atom. The van der Waals surface area contributed by atoms with Gasteiger partial charge in [0.2, 0.25) is 5.91 Å². The monoisotopic (exact) mass is 371 g/mol. The Morgan fingerprint density at radius 1 is 1.38 bits per heavy atom. The van der Waals surface area contributed by atoms with Crippen LogP contribution in [0.15, 0.2) is 18.2 Å². The first-order valence-electron chi connectivity index (χ1n) is 8.16. The zero-order valence-electron chi connectivity index (χ0n) is 13.7. The van der Waals surface area contributed by atoms with Crippen molar-refractivity contribution in [2.45, 2.75) is 32.2 Å². The van der Waals surface area contributed by atoms with E-state index < -0.39 is 0 Å². The van der Waals surface area contributed by atoms with Crippen molar-refractivity contribution in [1.29, 1.82) is 0 Å².